The Kier molecular flexibility index (Phi) is 3.09. The number of nitrogens with two attached hydrogens (primary N) is 1. The average molecular weight is 172 g/mol. The van der Waals surface area contributed by atoms with E-state index in [0.717, 1.165) is 19.3 Å². The van der Waals surface area contributed by atoms with Gasteiger partial charge in [0.2, 0.25) is 0 Å². The molecular formula is C9H20N2O. The molecular weight excluding hydrogens is 152 g/mol. The van der Waals surface area contributed by atoms with Gasteiger partial charge in [-0.25, -0.2) is 0 Å². The predicted octanol–water partition coefficient (Wildman–Crippen LogP) is 0.227. The van der Waals surface area contributed by atoms with E-state index in [0.29, 0.717) is 18.6 Å². The summed E-state index contributed by atoms with van der Waals surface area (Å²) in [5.41, 5.74) is 5.08. The number of hydrogen-bond acceptors (Lipinski definition) is 3. The molecule has 72 valence electrons. The molecule has 0 spiro atoms. The van der Waals surface area contributed by atoms with Gasteiger partial charge in [-0.15, -0.1) is 0 Å². The molecule has 1 unspecified atom stereocenters. The van der Waals surface area contributed by atoms with Crippen LogP contribution < -0.4 is 11.1 Å². The summed E-state index contributed by atoms with van der Waals surface area (Å²) in [5, 5.41) is 13.0. The molecule has 0 aromatic rings. The molecule has 0 saturated heterocycles. The van der Waals surface area contributed by atoms with E-state index in [4.69, 9.17) is 5.73 Å². The lowest BCUT2D eigenvalue weighted by Gasteiger charge is -2.35. The van der Waals surface area contributed by atoms with Crippen molar-refractivity contribution in [3.05, 3.63) is 0 Å². The minimum absolute atomic E-state index is 0.383. The zero-order chi connectivity index (χ0) is 9.19. The highest BCUT2D eigenvalue weighted by molar-refractivity contribution is 4.89. The van der Waals surface area contributed by atoms with Gasteiger partial charge in [0.15, 0.2) is 0 Å². The lowest BCUT2D eigenvalue weighted by molar-refractivity contribution is 0.0484. The molecule has 0 aromatic heterocycles. The quantitative estimate of drug-likeness (QED) is 0.569. The largest absolute Gasteiger partial charge is 0.389 e. The van der Waals surface area contributed by atoms with Gasteiger partial charge in [0.25, 0.3) is 0 Å². The Balaban J connectivity index is 2.10. The third kappa shape index (κ3) is 2.73. The standard InChI is InChI=1S/C9H20N2O/c1-3-9(2,12)6-11-8-4-7(10)5-8/h7-8,11-12H,3-6,10H2,1-2H3. The van der Waals surface area contributed by atoms with E-state index in [2.05, 4.69) is 5.32 Å². The molecule has 12 heavy (non-hydrogen) atoms. The van der Waals surface area contributed by atoms with Crippen LogP contribution in [0.1, 0.15) is 33.1 Å². The molecule has 0 radical (unpaired) electrons. The Bertz CT molecular complexity index is 141. The second-order valence-electron chi connectivity index (χ2n) is 4.16. The van der Waals surface area contributed by atoms with Crippen LogP contribution in [0, 0.1) is 0 Å². The zero-order valence-corrected chi connectivity index (χ0v) is 8.01. The van der Waals surface area contributed by atoms with Gasteiger partial charge in [-0.1, -0.05) is 6.92 Å². The van der Waals surface area contributed by atoms with E-state index in [1.807, 2.05) is 13.8 Å². The smallest absolute Gasteiger partial charge is 0.0741 e. The predicted molar refractivity (Wildman–Crippen MR) is 49.9 cm³/mol. The van der Waals surface area contributed by atoms with Crippen molar-refractivity contribution in [2.75, 3.05) is 6.54 Å². The van der Waals surface area contributed by atoms with E-state index in [1.54, 1.807) is 0 Å². The lowest BCUT2D eigenvalue weighted by atomic mass is 9.87. The van der Waals surface area contributed by atoms with Crippen LogP contribution in [-0.4, -0.2) is 29.3 Å². The number of aliphatic hydroxyl groups is 1. The second-order valence-corrected chi connectivity index (χ2v) is 4.16. The van der Waals surface area contributed by atoms with Crippen molar-refractivity contribution in [3.63, 3.8) is 0 Å². The van der Waals surface area contributed by atoms with Gasteiger partial charge >= 0.3 is 0 Å². The Morgan fingerprint density at radius 2 is 2.17 bits per heavy atom. The first kappa shape index (κ1) is 9.96. The molecule has 1 fully saturated rings. The lowest BCUT2D eigenvalue weighted by Crippen LogP contribution is -2.52. The van der Waals surface area contributed by atoms with Crippen LogP contribution in [0.25, 0.3) is 0 Å². The number of nitrogens with one attached hydrogen (secondary N) is 1. The second kappa shape index (κ2) is 3.73. The molecule has 0 heterocycles. The number of hydrogen-bond donors (Lipinski definition) is 3. The van der Waals surface area contributed by atoms with Crippen LogP contribution in [0.3, 0.4) is 0 Å². The Morgan fingerprint density at radius 1 is 1.58 bits per heavy atom. The van der Waals surface area contributed by atoms with Crippen LogP contribution in [0.15, 0.2) is 0 Å². The highest BCUT2D eigenvalue weighted by Gasteiger charge is 2.27. The molecule has 1 aliphatic rings. The van der Waals surface area contributed by atoms with E-state index in [9.17, 15) is 5.11 Å². The van der Waals surface area contributed by atoms with E-state index in [-0.39, 0.29) is 0 Å². The molecule has 0 amide bonds. The summed E-state index contributed by atoms with van der Waals surface area (Å²) in [6.07, 6.45) is 2.90. The van der Waals surface area contributed by atoms with E-state index >= 15 is 0 Å². The fourth-order valence-electron chi connectivity index (χ4n) is 1.32. The monoisotopic (exact) mass is 172 g/mol. The van der Waals surface area contributed by atoms with E-state index < -0.39 is 5.60 Å². The third-order valence-electron chi connectivity index (χ3n) is 2.71. The van der Waals surface area contributed by atoms with Gasteiger partial charge in [0.05, 0.1) is 5.60 Å². The van der Waals surface area contributed by atoms with Gasteiger partial charge in [0, 0.05) is 18.6 Å². The van der Waals surface area contributed by atoms with Crippen molar-refractivity contribution in [3.8, 4) is 0 Å². The zero-order valence-electron chi connectivity index (χ0n) is 8.01. The van der Waals surface area contributed by atoms with Crippen molar-refractivity contribution in [1.82, 2.24) is 5.32 Å². The van der Waals surface area contributed by atoms with Crippen LogP contribution >= 0.6 is 0 Å². The molecule has 4 N–H and O–H groups in total. The van der Waals surface area contributed by atoms with Crippen LogP contribution in [0.5, 0.6) is 0 Å². The molecule has 0 aliphatic heterocycles. The Morgan fingerprint density at radius 3 is 2.58 bits per heavy atom. The summed E-state index contributed by atoms with van der Waals surface area (Å²) in [6.45, 7) is 4.54. The Hall–Kier alpha value is -0.120. The molecule has 0 aromatic carbocycles. The van der Waals surface area contributed by atoms with Crippen molar-refractivity contribution in [2.45, 2.75) is 50.8 Å². The maximum Gasteiger partial charge on any atom is 0.0741 e. The average Bonchev–Trinajstić information content (AvgIpc) is 1.96. The summed E-state index contributed by atoms with van der Waals surface area (Å²) in [5.74, 6) is 0. The van der Waals surface area contributed by atoms with Gasteiger partial charge in [-0.3, -0.25) is 0 Å². The van der Waals surface area contributed by atoms with Crippen LogP contribution in [-0.2, 0) is 0 Å². The summed E-state index contributed by atoms with van der Waals surface area (Å²) >= 11 is 0. The van der Waals surface area contributed by atoms with Crippen molar-refractivity contribution >= 4 is 0 Å². The topological polar surface area (TPSA) is 58.3 Å². The molecule has 3 heteroatoms. The van der Waals surface area contributed by atoms with Crippen LogP contribution in [0.4, 0.5) is 0 Å². The summed E-state index contributed by atoms with van der Waals surface area (Å²) in [4.78, 5) is 0. The first-order valence-electron chi connectivity index (χ1n) is 4.75. The Labute approximate surface area is 74.3 Å². The first-order valence-corrected chi connectivity index (χ1v) is 4.75. The molecule has 3 nitrogen and oxygen atoms in total. The van der Waals surface area contributed by atoms with Crippen molar-refractivity contribution in [1.29, 1.82) is 0 Å². The van der Waals surface area contributed by atoms with Gasteiger partial charge in [0.1, 0.15) is 0 Å². The van der Waals surface area contributed by atoms with Gasteiger partial charge in [-0.05, 0) is 26.2 Å². The normalized spacial score (nSPS) is 34.0. The van der Waals surface area contributed by atoms with Crippen molar-refractivity contribution in [2.24, 2.45) is 5.73 Å². The fourth-order valence-corrected chi connectivity index (χ4v) is 1.32. The number of rotatable bonds is 4. The molecule has 1 saturated carbocycles. The molecule has 1 rings (SSSR count). The first-order chi connectivity index (χ1) is 5.53. The van der Waals surface area contributed by atoms with E-state index in [1.165, 1.54) is 0 Å². The summed E-state index contributed by atoms with van der Waals surface area (Å²) < 4.78 is 0. The fraction of sp³-hybridized carbons (Fsp3) is 1.00. The van der Waals surface area contributed by atoms with Gasteiger partial charge < -0.3 is 16.2 Å². The minimum atomic E-state index is -0.556. The maximum absolute atomic E-state index is 9.66. The van der Waals surface area contributed by atoms with Gasteiger partial charge in [-0.2, -0.15) is 0 Å². The molecule has 0 bridgehead atoms. The SMILES string of the molecule is CCC(C)(O)CNC1CC(N)C1. The minimum Gasteiger partial charge on any atom is -0.389 e. The third-order valence-corrected chi connectivity index (χ3v) is 2.71. The highest BCUT2D eigenvalue weighted by atomic mass is 16.3. The highest BCUT2D eigenvalue weighted by Crippen LogP contribution is 2.18. The molecule has 1 aliphatic carbocycles. The molecule has 1 atom stereocenters. The van der Waals surface area contributed by atoms with Crippen LogP contribution in [0.2, 0.25) is 0 Å². The van der Waals surface area contributed by atoms with Crippen molar-refractivity contribution < 1.29 is 5.11 Å². The summed E-state index contributed by atoms with van der Waals surface area (Å²) in [6, 6.07) is 0.923. The maximum atomic E-state index is 9.66. The summed E-state index contributed by atoms with van der Waals surface area (Å²) in [7, 11) is 0.